The number of hydrogen-bond donors (Lipinski definition) is 5. The lowest BCUT2D eigenvalue weighted by Crippen LogP contribution is -2.64. The molecule has 0 saturated carbocycles. The van der Waals surface area contributed by atoms with Crippen LogP contribution in [0.4, 0.5) is 0 Å². The average molecular weight is 458 g/mol. The molecule has 0 bridgehead atoms. The quantitative estimate of drug-likeness (QED) is 0.300. The molecular formula is C21H30O11. The number of carbonyl (C=O) groups excluding carboxylic acids is 1. The van der Waals surface area contributed by atoms with Crippen molar-refractivity contribution in [3.63, 3.8) is 0 Å². The van der Waals surface area contributed by atoms with Crippen molar-refractivity contribution >= 4 is 5.97 Å². The lowest BCUT2D eigenvalue weighted by Gasteiger charge is -2.46. The van der Waals surface area contributed by atoms with Gasteiger partial charge in [-0.15, -0.1) is 0 Å². The summed E-state index contributed by atoms with van der Waals surface area (Å²) in [6, 6.07) is 9.11. The number of esters is 1. The van der Waals surface area contributed by atoms with Gasteiger partial charge in [0.05, 0.1) is 19.3 Å². The normalized spacial score (nSPS) is 40.1. The minimum atomic E-state index is -1.65. The van der Waals surface area contributed by atoms with Crippen LogP contribution in [0.25, 0.3) is 0 Å². The van der Waals surface area contributed by atoms with Gasteiger partial charge in [0.1, 0.15) is 36.6 Å². The molecule has 0 radical (unpaired) electrons. The molecule has 32 heavy (non-hydrogen) atoms. The van der Waals surface area contributed by atoms with Gasteiger partial charge in [-0.3, -0.25) is 4.79 Å². The maximum absolute atomic E-state index is 11.8. The molecule has 1 aromatic rings. The van der Waals surface area contributed by atoms with E-state index in [1.165, 1.54) is 6.92 Å². The Bertz CT molecular complexity index is 732. The van der Waals surface area contributed by atoms with Gasteiger partial charge in [0.25, 0.3) is 0 Å². The van der Waals surface area contributed by atoms with Crippen LogP contribution in [0.5, 0.6) is 0 Å². The van der Waals surface area contributed by atoms with Crippen LogP contribution < -0.4 is 0 Å². The largest absolute Gasteiger partial charge is 0.454 e. The average Bonchev–Trinajstić information content (AvgIpc) is 2.78. The second kappa shape index (κ2) is 11.0. The van der Waals surface area contributed by atoms with Gasteiger partial charge in [0.15, 0.2) is 18.7 Å². The maximum atomic E-state index is 11.8. The molecule has 0 aromatic heterocycles. The van der Waals surface area contributed by atoms with Gasteiger partial charge in [-0.1, -0.05) is 30.3 Å². The molecule has 0 aliphatic carbocycles. The highest BCUT2D eigenvalue weighted by Gasteiger charge is 2.52. The number of aliphatic hydroxyl groups is 5. The SMILES string of the molecule is CC(=O)O[C@@H]1[C@@H](OCc2ccccc2)O[C@@H](CO)[C@@H](O)[C@H]1O[C@H]1O[C@H](C)[C@@H](O)[C@@H](O)[C@@H]1O. The van der Waals surface area contributed by atoms with Crippen LogP contribution in [0.3, 0.4) is 0 Å². The second-order valence-corrected chi connectivity index (χ2v) is 7.87. The maximum Gasteiger partial charge on any atom is 0.303 e. The zero-order valence-corrected chi connectivity index (χ0v) is 17.8. The molecule has 2 aliphatic rings. The second-order valence-electron chi connectivity index (χ2n) is 7.87. The van der Waals surface area contributed by atoms with E-state index in [1.807, 2.05) is 30.3 Å². The van der Waals surface area contributed by atoms with Crippen molar-refractivity contribution in [2.24, 2.45) is 0 Å². The summed E-state index contributed by atoms with van der Waals surface area (Å²) in [6.07, 6.45) is -13.4. The lowest BCUT2D eigenvalue weighted by molar-refractivity contribution is -0.359. The van der Waals surface area contributed by atoms with Crippen LogP contribution in [0.15, 0.2) is 30.3 Å². The van der Waals surface area contributed by atoms with Crippen LogP contribution in [0.1, 0.15) is 19.4 Å². The molecule has 11 heteroatoms. The number of hydrogen-bond acceptors (Lipinski definition) is 11. The van der Waals surface area contributed by atoms with E-state index >= 15 is 0 Å². The highest BCUT2D eigenvalue weighted by atomic mass is 16.7. The van der Waals surface area contributed by atoms with E-state index in [0.29, 0.717) is 0 Å². The van der Waals surface area contributed by atoms with Gasteiger partial charge < -0.3 is 49.2 Å². The Balaban J connectivity index is 1.81. The first-order chi connectivity index (χ1) is 15.2. The number of carbonyl (C=O) groups is 1. The standard InChI is InChI=1S/C21H30O11/c1-10-14(24)16(26)17(27)20(29-10)32-18-15(25)13(8-22)31-21(19(18)30-11(2)23)28-9-12-6-4-3-5-7-12/h3-7,10,13-22,24-27H,8-9H2,1-2H3/t10-,13+,14-,15-,16-,17+,18-,19+,20-,21+/m1/s1. The van der Waals surface area contributed by atoms with E-state index < -0.39 is 74.0 Å². The van der Waals surface area contributed by atoms with Gasteiger partial charge in [-0.25, -0.2) is 0 Å². The lowest BCUT2D eigenvalue weighted by atomic mass is 9.97. The van der Waals surface area contributed by atoms with Gasteiger partial charge in [-0.05, 0) is 12.5 Å². The third-order valence-corrected chi connectivity index (χ3v) is 5.46. The monoisotopic (exact) mass is 458 g/mol. The molecule has 5 N–H and O–H groups in total. The number of ether oxygens (including phenoxy) is 5. The number of rotatable bonds is 7. The zero-order chi connectivity index (χ0) is 23.4. The number of aliphatic hydroxyl groups excluding tert-OH is 5. The Kier molecular flexibility index (Phi) is 8.55. The molecule has 0 unspecified atom stereocenters. The van der Waals surface area contributed by atoms with E-state index in [2.05, 4.69) is 0 Å². The Labute approximate surface area is 185 Å². The summed E-state index contributed by atoms with van der Waals surface area (Å²) in [6.45, 7) is 2.12. The highest BCUT2D eigenvalue weighted by Crippen LogP contribution is 2.31. The van der Waals surface area contributed by atoms with Crippen LogP contribution in [0, 0.1) is 0 Å². The third kappa shape index (κ3) is 5.63. The van der Waals surface area contributed by atoms with E-state index in [-0.39, 0.29) is 6.61 Å². The summed E-state index contributed by atoms with van der Waals surface area (Å²) >= 11 is 0. The fourth-order valence-electron chi connectivity index (χ4n) is 3.68. The van der Waals surface area contributed by atoms with Gasteiger partial charge >= 0.3 is 5.97 Å². The smallest absolute Gasteiger partial charge is 0.303 e. The first-order valence-corrected chi connectivity index (χ1v) is 10.3. The fourth-order valence-corrected chi connectivity index (χ4v) is 3.68. The molecule has 0 amide bonds. The Morgan fingerprint density at radius 2 is 1.62 bits per heavy atom. The molecule has 2 aliphatic heterocycles. The topological polar surface area (TPSA) is 164 Å². The van der Waals surface area contributed by atoms with Gasteiger partial charge in [0, 0.05) is 6.92 Å². The minimum absolute atomic E-state index is 0.0781. The number of benzene rings is 1. The van der Waals surface area contributed by atoms with Gasteiger partial charge in [-0.2, -0.15) is 0 Å². The van der Waals surface area contributed by atoms with Crippen molar-refractivity contribution in [2.75, 3.05) is 6.61 Å². The molecular weight excluding hydrogens is 428 g/mol. The van der Waals surface area contributed by atoms with Crippen LogP contribution >= 0.6 is 0 Å². The van der Waals surface area contributed by atoms with E-state index in [9.17, 15) is 30.3 Å². The summed E-state index contributed by atoms with van der Waals surface area (Å²) in [5.41, 5.74) is 0.804. The summed E-state index contributed by atoms with van der Waals surface area (Å²) in [5.74, 6) is -0.705. The molecule has 11 nitrogen and oxygen atoms in total. The molecule has 2 heterocycles. The van der Waals surface area contributed by atoms with Crippen molar-refractivity contribution in [1.82, 2.24) is 0 Å². The molecule has 3 rings (SSSR count). The van der Waals surface area contributed by atoms with Crippen LogP contribution in [0.2, 0.25) is 0 Å². The van der Waals surface area contributed by atoms with Gasteiger partial charge in [0.2, 0.25) is 0 Å². The van der Waals surface area contributed by atoms with E-state index in [4.69, 9.17) is 23.7 Å². The van der Waals surface area contributed by atoms with Crippen LogP contribution in [-0.2, 0) is 35.1 Å². The Morgan fingerprint density at radius 3 is 2.25 bits per heavy atom. The Hall–Kier alpha value is -1.67. The predicted molar refractivity (Wildman–Crippen MR) is 106 cm³/mol. The molecule has 2 saturated heterocycles. The van der Waals surface area contributed by atoms with E-state index in [0.717, 1.165) is 12.5 Å². The van der Waals surface area contributed by atoms with E-state index in [1.54, 1.807) is 0 Å². The molecule has 180 valence electrons. The summed E-state index contributed by atoms with van der Waals surface area (Å²) < 4.78 is 27.9. The summed E-state index contributed by atoms with van der Waals surface area (Å²) in [4.78, 5) is 11.8. The molecule has 0 spiro atoms. The van der Waals surface area contributed by atoms with Crippen LogP contribution in [-0.4, -0.2) is 99.5 Å². The first kappa shape index (κ1) is 25.0. The fraction of sp³-hybridized carbons (Fsp3) is 0.667. The molecule has 10 atom stereocenters. The minimum Gasteiger partial charge on any atom is -0.454 e. The Morgan fingerprint density at radius 1 is 0.938 bits per heavy atom. The van der Waals surface area contributed by atoms with Crippen molar-refractivity contribution < 1.29 is 54.0 Å². The van der Waals surface area contributed by atoms with Crippen molar-refractivity contribution in [3.8, 4) is 0 Å². The molecule has 2 fully saturated rings. The highest BCUT2D eigenvalue weighted by molar-refractivity contribution is 5.66. The first-order valence-electron chi connectivity index (χ1n) is 10.3. The predicted octanol–water partition coefficient (Wildman–Crippen LogP) is -1.57. The zero-order valence-electron chi connectivity index (χ0n) is 17.8. The third-order valence-electron chi connectivity index (χ3n) is 5.46. The van der Waals surface area contributed by atoms with Crippen molar-refractivity contribution in [2.45, 2.75) is 81.9 Å². The molecule has 1 aromatic carbocycles. The van der Waals surface area contributed by atoms with Crippen molar-refractivity contribution in [1.29, 1.82) is 0 Å². The summed E-state index contributed by atoms with van der Waals surface area (Å²) in [7, 11) is 0. The van der Waals surface area contributed by atoms with Crippen molar-refractivity contribution in [3.05, 3.63) is 35.9 Å². The summed E-state index contributed by atoms with van der Waals surface area (Å²) in [5, 5.41) is 50.6.